The average Bonchev–Trinajstić information content (AvgIpc) is 3.66. The zero-order valence-electron chi connectivity index (χ0n) is 20.9. The first-order valence-corrected chi connectivity index (χ1v) is 13.2. The van der Waals surface area contributed by atoms with Crippen molar-refractivity contribution in [3.8, 4) is 16.8 Å². The molecule has 0 aliphatic rings. The molecular weight excluding hydrogens is 478 g/mol. The monoisotopic (exact) mass is 499 g/mol. The van der Waals surface area contributed by atoms with Gasteiger partial charge in [-0.25, -0.2) is 0 Å². The summed E-state index contributed by atoms with van der Waals surface area (Å²) in [6.07, 6.45) is 0. The van der Waals surface area contributed by atoms with Crippen LogP contribution in [0.5, 0.6) is 0 Å². The Morgan fingerprint density at radius 3 is 1.79 bits per heavy atom. The van der Waals surface area contributed by atoms with Crippen LogP contribution >= 0.6 is 0 Å². The molecule has 0 unspecified atom stereocenters. The topological polar surface area (TPSA) is 31.2 Å². The highest BCUT2D eigenvalue weighted by molar-refractivity contribution is 6.14. The van der Waals surface area contributed by atoms with Gasteiger partial charge in [0.1, 0.15) is 16.7 Å². The van der Waals surface area contributed by atoms with E-state index in [1.54, 1.807) is 0 Å². The Kier molecular flexibility index (Phi) is 4.05. The van der Waals surface area contributed by atoms with Gasteiger partial charge in [-0.3, -0.25) is 0 Å². The molecule has 0 radical (unpaired) electrons. The Morgan fingerprint density at radius 1 is 0.410 bits per heavy atom. The standard InChI is InChI=1S/C36H21NO2/c1-4-15-30-24(9-1)25-10-2-5-16-31(25)37(30)32-17-8-14-28-29-21-22(19-20-34(29)39-36(28)32)23-12-7-13-27-26-11-3-6-18-33(26)38-35(23)27/h1-21H. The van der Waals surface area contributed by atoms with Gasteiger partial charge in [0.05, 0.1) is 16.7 Å². The number of para-hydroxylation sites is 5. The molecule has 3 heteroatoms. The number of aromatic nitrogens is 1. The van der Waals surface area contributed by atoms with E-state index in [4.69, 9.17) is 8.83 Å². The number of nitrogens with zero attached hydrogens (tertiary/aromatic N) is 1. The van der Waals surface area contributed by atoms with Crippen molar-refractivity contribution in [2.75, 3.05) is 0 Å². The van der Waals surface area contributed by atoms with Gasteiger partial charge in [0, 0.05) is 37.9 Å². The van der Waals surface area contributed by atoms with Gasteiger partial charge in [-0.15, -0.1) is 0 Å². The van der Waals surface area contributed by atoms with Crippen LogP contribution < -0.4 is 0 Å². The molecule has 9 rings (SSSR count). The van der Waals surface area contributed by atoms with Crippen molar-refractivity contribution in [1.29, 1.82) is 0 Å². The van der Waals surface area contributed by atoms with E-state index in [0.717, 1.165) is 60.7 Å². The second kappa shape index (κ2) is 7.62. The van der Waals surface area contributed by atoms with Crippen LogP contribution in [0.2, 0.25) is 0 Å². The van der Waals surface area contributed by atoms with E-state index >= 15 is 0 Å². The van der Waals surface area contributed by atoms with Crippen molar-refractivity contribution in [3.63, 3.8) is 0 Å². The van der Waals surface area contributed by atoms with Crippen LogP contribution in [0.15, 0.2) is 136 Å². The molecular formula is C36H21NO2. The molecule has 0 amide bonds. The van der Waals surface area contributed by atoms with E-state index in [2.05, 4.69) is 120 Å². The predicted molar refractivity (Wildman–Crippen MR) is 161 cm³/mol. The zero-order chi connectivity index (χ0) is 25.5. The minimum absolute atomic E-state index is 0.874. The minimum Gasteiger partial charge on any atom is -0.455 e. The molecule has 182 valence electrons. The number of hydrogen-bond acceptors (Lipinski definition) is 2. The average molecular weight is 500 g/mol. The predicted octanol–water partition coefficient (Wildman–Crippen LogP) is 10.2. The third kappa shape index (κ3) is 2.82. The summed E-state index contributed by atoms with van der Waals surface area (Å²) in [5.41, 5.74) is 9.16. The van der Waals surface area contributed by atoms with Crippen LogP contribution in [0.3, 0.4) is 0 Å². The van der Waals surface area contributed by atoms with E-state index in [0.29, 0.717) is 0 Å². The van der Waals surface area contributed by atoms with Crippen LogP contribution in [-0.4, -0.2) is 4.57 Å². The summed E-state index contributed by atoms with van der Waals surface area (Å²) < 4.78 is 15.3. The summed E-state index contributed by atoms with van der Waals surface area (Å²) in [5, 5.41) is 6.94. The summed E-state index contributed by atoms with van der Waals surface area (Å²) in [6.45, 7) is 0. The third-order valence-electron chi connectivity index (χ3n) is 8.01. The summed E-state index contributed by atoms with van der Waals surface area (Å²) >= 11 is 0. The smallest absolute Gasteiger partial charge is 0.159 e. The van der Waals surface area contributed by atoms with Crippen LogP contribution in [0.25, 0.3) is 82.5 Å². The molecule has 3 heterocycles. The maximum atomic E-state index is 6.59. The molecule has 0 atom stereocenters. The van der Waals surface area contributed by atoms with Crippen LogP contribution in [0.1, 0.15) is 0 Å². The lowest BCUT2D eigenvalue weighted by molar-refractivity contribution is 0.666. The quantitative estimate of drug-likeness (QED) is 0.237. The Labute approximate surface area is 223 Å². The number of hydrogen-bond donors (Lipinski definition) is 0. The van der Waals surface area contributed by atoms with Crippen molar-refractivity contribution >= 4 is 65.7 Å². The van der Waals surface area contributed by atoms with Crippen LogP contribution in [0, 0.1) is 0 Å². The number of benzene rings is 6. The SMILES string of the molecule is c1ccc2c(c1)oc1c(-c3ccc4oc5c(-n6c7ccccc7c7ccccc76)cccc5c4c3)cccc12. The fourth-order valence-electron chi connectivity index (χ4n) is 6.28. The largest absolute Gasteiger partial charge is 0.455 e. The van der Waals surface area contributed by atoms with E-state index in [1.165, 1.54) is 21.8 Å². The zero-order valence-corrected chi connectivity index (χ0v) is 20.9. The molecule has 9 aromatic rings. The first-order valence-electron chi connectivity index (χ1n) is 13.2. The summed E-state index contributed by atoms with van der Waals surface area (Å²) in [6, 6.07) is 44.6. The normalized spacial score (nSPS) is 12.1. The highest BCUT2D eigenvalue weighted by Crippen LogP contribution is 2.41. The minimum atomic E-state index is 0.874. The molecule has 0 fully saturated rings. The van der Waals surface area contributed by atoms with Gasteiger partial charge < -0.3 is 13.4 Å². The van der Waals surface area contributed by atoms with E-state index in [1.807, 2.05) is 12.1 Å². The highest BCUT2D eigenvalue weighted by atomic mass is 16.3. The number of rotatable bonds is 2. The molecule has 0 aliphatic carbocycles. The third-order valence-corrected chi connectivity index (χ3v) is 8.01. The Bertz CT molecular complexity index is 2350. The maximum absolute atomic E-state index is 6.59. The van der Waals surface area contributed by atoms with Gasteiger partial charge in [-0.1, -0.05) is 91.0 Å². The molecule has 6 aromatic carbocycles. The molecule has 0 saturated carbocycles. The highest BCUT2D eigenvalue weighted by Gasteiger charge is 2.18. The van der Waals surface area contributed by atoms with Crippen molar-refractivity contribution in [1.82, 2.24) is 4.57 Å². The van der Waals surface area contributed by atoms with E-state index in [-0.39, 0.29) is 0 Å². The van der Waals surface area contributed by atoms with Gasteiger partial charge in [0.15, 0.2) is 5.58 Å². The molecule has 0 bridgehead atoms. The summed E-state index contributed by atoms with van der Waals surface area (Å²) in [7, 11) is 0. The van der Waals surface area contributed by atoms with Gasteiger partial charge >= 0.3 is 0 Å². The number of furan rings is 2. The molecule has 39 heavy (non-hydrogen) atoms. The van der Waals surface area contributed by atoms with Crippen LogP contribution in [-0.2, 0) is 0 Å². The van der Waals surface area contributed by atoms with E-state index < -0.39 is 0 Å². The summed E-state index contributed by atoms with van der Waals surface area (Å²) in [4.78, 5) is 0. The molecule has 0 aliphatic heterocycles. The first-order chi connectivity index (χ1) is 19.3. The van der Waals surface area contributed by atoms with Gasteiger partial charge in [0.25, 0.3) is 0 Å². The lowest BCUT2D eigenvalue weighted by atomic mass is 10.0. The lowest BCUT2D eigenvalue weighted by Crippen LogP contribution is -1.93. The van der Waals surface area contributed by atoms with Crippen molar-refractivity contribution < 1.29 is 8.83 Å². The molecule has 0 saturated heterocycles. The van der Waals surface area contributed by atoms with E-state index in [9.17, 15) is 0 Å². The second-order valence-corrected chi connectivity index (χ2v) is 10.1. The van der Waals surface area contributed by atoms with Gasteiger partial charge in [-0.2, -0.15) is 0 Å². The summed E-state index contributed by atoms with van der Waals surface area (Å²) in [5.74, 6) is 0. The van der Waals surface area contributed by atoms with Crippen molar-refractivity contribution in [3.05, 3.63) is 127 Å². The maximum Gasteiger partial charge on any atom is 0.159 e. The molecule has 0 N–H and O–H groups in total. The fraction of sp³-hybridized carbons (Fsp3) is 0. The molecule has 3 nitrogen and oxygen atoms in total. The van der Waals surface area contributed by atoms with Gasteiger partial charge in [0.2, 0.25) is 0 Å². The lowest BCUT2D eigenvalue weighted by Gasteiger charge is -2.08. The Hall–Kier alpha value is -5.28. The van der Waals surface area contributed by atoms with Crippen molar-refractivity contribution in [2.45, 2.75) is 0 Å². The Balaban J connectivity index is 1.31. The molecule has 3 aromatic heterocycles. The van der Waals surface area contributed by atoms with Gasteiger partial charge in [-0.05, 0) is 42.0 Å². The Morgan fingerprint density at radius 2 is 1.00 bits per heavy atom. The van der Waals surface area contributed by atoms with Crippen LogP contribution in [0.4, 0.5) is 0 Å². The second-order valence-electron chi connectivity index (χ2n) is 10.1. The fourth-order valence-corrected chi connectivity index (χ4v) is 6.28. The van der Waals surface area contributed by atoms with Crippen molar-refractivity contribution in [2.24, 2.45) is 0 Å². The number of fused-ring (bicyclic) bond motifs is 9. The molecule has 0 spiro atoms. The first kappa shape index (κ1) is 20.7.